The zero-order chi connectivity index (χ0) is 36.2. The number of aromatic amines is 1. The average molecular weight is 758 g/mol. The SMILES string of the molecule is CCOC(C)=O.COC(=O)c1c(F)c(Cl)cc(C#C[Si](C)(C)C)c1N(C(=O)OC)C(=O)OC.O=C(O)c1c(F)c(Cl)cc2cc[nH]c12.[Na+].[OH-]. The van der Waals surface area contributed by atoms with Gasteiger partial charge in [-0.25, -0.2) is 28.0 Å². The smallest absolute Gasteiger partial charge is 0.870 e. The van der Waals surface area contributed by atoms with E-state index in [1.54, 1.807) is 13.0 Å². The molecule has 1 heterocycles. The number of esters is 2. The summed E-state index contributed by atoms with van der Waals surface area (Å²) < 4.78 is 46.1. The molecule has 0 atom stereocenters. The van der Waals surface area contributed by atoms with E-state index in [1.807, 2.05) is 19.6 Å². The number of nitrogens with zero attached hydrogens (tertiary/aromatic N) is 1. The molecule has 0 aliphatic rings. The Labute approximate surface area is 313 Å². The van der Waals surface area contributed by atoms with Crippen molar-refractivity contribution in [2.24, 2.45) is 0 Å². The van der Waals surface area contributed by atoms with Crippen LogP contribution in [0.5, 0.6) is 0 Å². The third-order valence-corrected chi connectivity index (χ3v) is 6.82. The summed E-state index contributed by atoms with van der Waals surface area (Å²) >= 11 is 11.4. The van der Waals surface area contributed by atoms with E-state index in [1.165, 1.54) is 19.2 Å². The van der Waals surface area contributed by atoms with Crippen molar-refractivity contribution >= 4 is 78.0 Å². The maximum atomic E-state index is 14.6. The number of amides is 2. The molecule has 49 heavy (non-hydrogen) atoms. The summed E-state index contributed by atoms with van der Waals surface area (Å²) in [5, 5.41) is 8.76. The van der Waals surface area contributed by atoms with Crippen molar-refractivity contribution in [3.8, 4) is 11.5 Å². The van der Waals surface area contributed by atoms with Crippen molar-refractivity contribution < 1.29 is 91.8 Å². The molecule has 0 fully saturated rings. The summed E-state index contributed by atoms with van der Waals surface area (Å²) in [5.41, 5.74) is 1.61. The van der Waals surface area contributed by atoms with Gasteiger partial charge in [-0.3, -0.25) is 4.79 Å². The number of aromatic carboxylic acids is 1. The van der Waals surface area contributed by atoms with Gasteiger partial charge in [-0.05, 0) is 25.1 Å². The van der Waals surface area contributed by atoms with Gasteiger partial charge in [-0.2, -0.15) is 4.90 Å². The minimum atomic E-state index is -1.92. The normalized spacial score (nSPS) is 9.71. The zero-order valence-corrected chi connectivity index (χ0v) is 32.6. The topological polar surface area (TPSA) is 192 Å². The number of benzene rings is 2. The number of anilines is 1. The van der Waals surface area contributed by atoms with Crippen LogP contribution in [-0.2, 0) is 23.7 Å². The Kier molecular flexibility index (Phi) is 20.7. The number of methoxy groups -OCH3 is 3. The predicted molar refractivity (Wildman–Crippen MR) is 175 cm³/mol. The minimum absolute atomic E-state index is 0. The molecule has 0 radical (unpaired) electrons. The molecule has 3 N–H and O–H groups in total. The van der Waals surface area contributed by atoms with Crippen molar-refractivity contribution in [1.82, 2.24) is 4.98 Å². The van der Waals surface area contributed by atoms with E-state index in [4.69, 9.17) is 28.3 Å². The summed E-state index contributed by atoms with van der Waals surface area (Å²) in [6.07, 6.45) is -0.873. The predicted octanol–water partition coefficient (Wildman–Crippen LogP) is 3.89. The monoisotopic (exact) mass is 756 g/mol. The van der Waals surface area contributed by atoms with Crippen LogP contribution >= 0.6 is 23.2 Å². The van der Waals surface area contributed by atoms with Gasteiger partial charge in [0, 0.05) is 18.5 Å². The number of imide groups is 1. The molecule has 0 saturated heterocycles. The summed E-state index contributed by atoms with van der Waals surface area (Å²) in [6, 6.07) is 4.13. The molecule has 0 aliphatic heterocycles. The van der Waals surface area contributed by atoms with E-state index in [-0.39, 0.29) is 57.1 Å². The molecule has 0 saturated carbocycles. The number of aromatic nitrogens is 1. The molecule has 0 aliphatic carbocycles. The molecular weight excluding hydrogens is 724 g/mol. The molecule has 3 rings (SSSR count). The van der Waals surface area contributed by atoms with Gasteiger partial charge < -0.3 is 34.5 Å². The third-order valence-electron chi connectivity index (χ3n) is 5.39. The number of halogens is 4. The fourth-order valence-electron chi connectivity index (χ4n) is 3.48. The Bertz CT molecular complexity index is 1720. The molecule has 0 bridgehead atoms. The Morgan fingerprint density at radius 1 is 0.939 bits per heavy atom. The number of H-pyrrole nitrogens is 1. The molecular formula is C30H33Cl2F2N2NaO11Si. The first-order valence-corrected chi connectivity index (χ1v) is 17.5. The number of rotatable bonds is 4. The molecule has 13 nitrogen and oxygen atoms in total. The van der Waals surface area contributed by atoms with E-state index < -0.39 is 65.7 Å². The Morgan fingerprint density at radius 2 is 1.45 bits per heavy atom. The van der Waals surface area contributed by atoms with Gasteiger partial charge in [0.25, 0.3) is 0 Å². The number of carbonyl (C=O) groups excluding carboxylic acids is 4. The van der Waals surface area contributed by atoms with Gasteiger partial charge in [0.2, 0.25) is 0 Å². The Hall–Kier alpha value is -3.69. The molecule has 3 aromatic rings. The van der Waals surface area contributed by atoms with E-state index in [0.29, 0.717) is 16.9 Å². The van der Waals surface area contributed by atoms with Crippen LogP contribution in [0.2, 0.25) is 29.7 Å². The molecule has 0 spiro atoms. The quantitative estimate of drug-likeness (QED) is 0.170. The maximum Gasteiger partial charge on any atom is 1.00 e. The van der Waals surface area contributed by atoms with Gasteiger partial charge >= 0.3 is 59.7 Å². The van der Waals surface area contributed by atoms with E-state index in [9.17, 15) is 32.8 Å². The van der Waals surface area contributed by atoms with E-state index in [2.05, 4.69) is 35.4 Å². The second-order valence-electron chi connectivity index (χ2n) is 9.93. The largest absolute Gasteiger partial charge is 1.00 e. The fourth-order valence-corrected chi connectivity index (χ4v) is 4.40. The summed E-state index contributed by atoms with van der Waals surface area (Å²) in [7, 11) is 1.12. The standard InChI is InChI=1S/C17H19ClFNO6Si.C9H5ClFNO2.C4H8O2.Na.H2O/c1-24-15(21)12-13(19)11(18)9-10(7-8-27(4,5)6)14(12)20(16(22)25-2)17(23)26-3;10-5-3-4-1-2-12-8(4)6(7(5)11)9(13)14;1-3-6-4(2)5;;/h9H,1-6H3;1-3,12H,(H,13,14);3H2,1-2H3;;1H2/q;;;+1;/p-1. The summed E-state index contributed by atoms with van der Waals surface area (Å²) in [5.74, 6) is -2.01. The Morgan fingerprint density at radius 3 is 1.86 bits per heavy atom. The number of hydrogen-bond acceptors (Lipinski definition) is 10. The second kappa shape index (κ2) is 21.4. The van der Waals surface area contributed by atoms with Crippen molar-refractivity contribution in [3.63, 3.8) is 0 Å². The molecule has 0 unspecified atom stereocenters. The van der Waals surface area contributed by atoms with Crippen molar-refractivity contribution in [3.05, 3.63) is 62.8 Å². The van der Waals surface area contributed by atoms with Crippen LogP contribution in [-0.4, -0.2) is 81.7 Å². The van der Waals surface area contributed by atoms with Crippen LogP contribution in [0.3, 0.4) is 0 Å². The van der Waals surface area contributed by atoms with Gasteiger partial charge in [0.05, 0.1) is 54.7 Å². The first kappa shape index (κ1) is 47.4. The first-order chi connectivity index (χ1) is 21.9. The van der Waals surface area contributed by atoms with Crippen molar-refractivity contribution in [1.29, 1.82) is 0 Å². The number of hydrogen-bond donors (Lipinski definition) is 2. The minimum Gasteiger partial charge on any atom is -0.870 e. The van der Waals surface area contributed by atoms with Crippen LogP contribution in [0, 0.1) is 23.1 Å². The van der Waals surface area contributed by atoms with Gasteiger partial charge in [-0.15, -0.1) is 5.54 Å². The average Bonchev–Trinajstić information content (AvgIpc) is 3.45. The summed E-state index contributed by atoms with van der Waals surface area (Å²) in [4.78, 5) is 60.2. The Balaban J connectivity index is 0. The van der Waals surface area contributed by atoms with Crippen molar-refractivity contribution in [2.45, 2.75) is 33.5 Å². The van der Waals surface area contributed by atoms with Crippen LogP contribution in [0.15, 0.2) is 24.4 Å². The number of nitrogens with one attached hydrogen (secondary N) is 1. The molecule has 1 aromatic heterocycles. The molecule has 262 valence electrons. The molecule has 2 amide bonds. The molecule has 2 aromatic carbocycles. The summed E-state index contributed by atoms with van der Waals surface area (Å²) in [6.45, 7) is 9.50. The number of carboxylic acids is 1. The van der Waals surface area contributed by atoms with Crippen LogP contribution in [0.1, 0.15) is 40.1 Å². The maximum absolute atomic E-state index is 14.6. The van der Waals surface area contributed by atoms with Gasteiger partial charge in [0.15, 0.2) is 11.6 Å². The van der Waals surface area contributed by atoms with E-state index in [0.717, 1.165) is 27.4 Å². The van der Waals surface area contributed by atoms with E-state index >= 15 is 0 Å². The number of carbonyl (C=O) groups is 5. The fraction of sp³-hybridized carbons (Fsp3) is 0.300. The van der Waals surface area contributed by atoms with Crippen LogP contribution in [0.25, 0.3) is 10.9 Å². The first-order valence-electron chi connectivity index (χ1n) is 13.3. The van der Waals surface area contributed by atoms with Crippen LogP contribution in [0.4, 0.5) is 24.1 Å². The number of fused-ring (bicyclic) bond motifs is 1. The number of ether oxygens (including phenoxy) is 4. The van der Waals surface area contributed by atoms with Gasteiger partial charge in [-0.1, -0.05) is 48.8 Å². The number of carboxylic acid groups (broad SMARTS) is 1. The second-order valence-corrected chi connectivity index (χ2v) is 15.5. The van der Waals surface area contributed by atoms with Crippen molar-refractivity contribution in [2.75, 3.05) is 32.8 Å². The van der Waals surface area contributed by atoms with Gasteiger partial charge in [0.1, 0.15) is 19.2 Å². The molecule has 19 heteroatoms. The third kappa shape index (κ3) is 13.3. The van der Waals surface area contributed by atoms with Crippen LogP contribution < -0.4 is 34.5 Å². The zero-order valence-electron chi connectivity index (χ0n) is 28.0.